The second kappa shape index (κ2) is 10.1. The number of anilines is 2. The van der Waals surface area contributed by atoms with E-state index in [0.717, 1.165) is 9.87 Å². The molecule has 0 aromatic heterocycles. The molecule has 3 aromatic carbocycles. The minimum Gasteiger partial charge on any atom is -0.495 e. The molecular weight excluding hydrogens is 416 g/mol. The number of sulfonamides is 1. The lowest BCUT2D eigenvalue weighted by Crippen LogP contribution is -2.38. The first-order valence-electron chi connectivity index (χ1n) is 9.54. The van der Waals surface area contributed by atoms with Gasteiger partial charge in [-0.3, -0.25) is 9.10 Å². The van der Waals surface area contributed by atoms with Crippen LogP contribution in [0, 0.1) is 0 Å². The zero-order valence-corrected chi connectivity index (χ0v) is 18.1. The third-order valence-corrected chi connectivity index (χ3v) is 6.27. The molecule has 0 heterocycles. The topological polar surface area (TPSA) is 84.9 Å². The summed E-state index contributed by atoms with van der Waals surface area (Å²) in [7, 11) is -0.978. The van der Waals surface area contributed by atoms with Gasteiger partial charge >= 0.3 is 0 Å². The van der Waals surface area contributed by atoms with Crippen molar-refractivity contribution in [1.82, 2.24) is 0 Å². The molecule has 0 fully saturated rings. The Morgan fingerprint density at radius 2 is 1.65 bits per heavy atom. The van der Waals surface area contributed by atoms with Crippen LogP contribution in [0.25, 0.3) is 0 Å². The number of hydrogen-bond acceptors (Lipinski definition) is 5. The summed E-state index contributed by atoms with van der Waals surface area (Å²) >= 11 is 0. The fourth-order valence-corrected chi connectivity index (χ4v) is 4.54. The summed E-state index contributed by atoms with van der Waals surface area (Å²) in [6.45, 7) is -0.0223. The lowest BCUT2D eigenvalue weighted by atomic mass is 10.2. The van der Waals surface area contributed by atoms with Gasteiger partial charge < -0.3 is 14.8 Å². The Labute approximate surface area is 182 Å². The van der Waals surface area contributed by atoms with E-state index in [1.807, 2.05) is 6.07 Å². The number of amides is 1. The number of carbonyl (C=O) groups is 1. The van der Waals surface area contributed by atoms with Crippen molar-refractivity contribution < 1.29 is 22.7 Å². The number of ether oxygens (including phenoxy) is 2. The quantitative estimate of drug-likeness (QED) is 0.549. The second-order valence-electron chi connectivity index (χ2n) is 6.68. The van der Waals surface area contributed by atoms with Crippen molar-refractivity contribution >= 4 is 27.3 Å². The maximum Gasteiger partial charge on any atom is 0.264 e. The minimum absolute atomic E-state index is 0.0794. The maximum absolute atomic E-state index is 13.4. The fraction of sp³-hybridized carbons (Fsp3) is 0.174. The Bertz CT molecular complexity index is 1130. The van der Waals surface area contributed by atoms with Crippen LogP contribution in [-0.4, -0.2) is 35.1 Å². The molecule has 0 saturated carbocycles. The van der Waals surface area contributed by atoms with E-state index in [-0.39, 0.29) is 10.6 Å². The third-order valence-electron chi connectivity index (χ3n) is 4.49. The van der Waals surface area contributed by atoms with Crippen molar-refractivity contribution in [3.63, 3.8) is 0 Å². The number of rotatable bonds is 9. The summed E-state index contributed by atoms with van der Waals surface area (Å²) in [5.74, 6) is -0.142. The van der Waals surface area contributed by atoms with E-state index < -0.39 is 22.5 Å². The van der Waals surface area contributed by atoms with Gasteiger partial charge in [-0.15, -0.1) is 0 Å². The van der Waals surface area contributed by atoms with E-state index in [9.17, 15) is 13.2 Å². The van der Waals surface area contributed by atoms with E-state index in [2.05, 4.69) is 5.32 Å². The second-order valence-corrected chi connectivity index (χ2v) is 8.54. The first kappa shape index (κ1) is 22.3. The highest BCUT2D eigenvalue weighted by molar-refractivity contribution is 7.92. The monoisotopic (exact) mass is 440 g/mol. The number of nitrogens with one attached hydrogen (secondary N) is 1. The molecule has 1 amide bonds. The maximum atomic E-state index is 13.4. The molecular formula is C23H24N2O5S. The van der Waals surface area contributed by atoms with Crippen LogP contribution in [0.2, 0.25) is 0 Å². The predicted molar refractivity (Wildman–Crippen MR) is 120 cm³/mol. The molecule has 0 spiro atoms. The smallest absolute Gasteiger partial charge is 0.264 e. The molecule has 0 radical (unpaired) electrons. The van der Waals surface area contributed by atoms with Gasteiger partial charge in [0.05, 0.1) is 24.3 Å². The fourth-order valence-electron chi connectivity index (χ4n) is 3.09. The molecule has 31 heavy (non-hydrogen) atoms. The lowest BCUT2D eigenvalue weighted by molar-refractivity contribution is -0.114. The number of benzene rings is 3. The molecule has 0 bridgehead atoms. The zero-order chi connectivity index (χ0) is 22.3. The molecule has 3 aromatic rings. The molecule has 162 valence electrons. The Morgan fingerprint density at radius 1 is 0.935 bits per heavy atom. The Balaban J connectivity index is 1.94. The first-order chi connectivity index (χ1) is 15.0. The molecule has 0 aliphatic heterocycles. The SMILES string of the molecule is COCc1cccc(NC(=O)CN(c2ccccc2OC)S(=O)(=O)c2ccccc2)c1. The first-order valence-corrected chi connectivity index (χ1v) is 11.0. The van der Waals surface area contributed by atoms with E-state index >= 15 is 0 Å². The van der Waals surface area contributed by atoms with Gasteiger partial charge in [0.25, 0.3) is 10.0 Å². The Hall–Kier alpha value is -3.36. The number of carbonyl (C=O) groups excluding carboxylic acids is 1. The van der Waals surface area contributed by atoms with Crippen LogP contribution >= 0.6 is 0 Å². The van der Waals surface area contributed by atoms with E-state index in [1.54, 1.807) is 67.8 Å². The summed E-state index contributed by atoms with van der Waals surface area (Å²) in [5.41, 5.74) is 1.72. The number of methoxy groups -OCH3 is 2. The summed E-state index contributed by atoms with van der Waals surface area (Å²) in [6.07, 6.45) is 0. The Kier molecular flexibility index (Phi) is 7.28. The van der Waals surface area contributed by atoms with Gasteiger partial charge in [0.1, 0.15) is 12.3 Å². The number of para-hydroxylation sites is 2. The number of nitrogens with zero attached hydrogens (tertiary/aromatic N) is 1. The van der Waals surface area contributed by atoms with Crippen molar-refractivity contribution in [1.29, 1.82) is 0 Å². The van der Waals surface area contributed by atoms with Gasteiger partial charge in [0.2, 0.25) is 5.91 Å². The van der Waals surface area contributed by atoms with Crippen LogP contribution in [0.15, 0.2) is 83.8 Å². The molecule has 8 heteroatoms. The summed E-state index contributed by atoms with van der Waals surface area (Å²) in [5, 5.41) is 2.76. The van der Waals surface area contributed by atoms with Crippen molar-refractivity contribution in [3.8, 4) is 5.75 Å². The van der Waals surface area contributed by atoms with Crippen molar-refractivity contribution in [2.75, 3.05) is 30.4 Å². The predicted octanol–water partition coefficient (Wildman–Crippen LogP) is 3.68. The molecule has 0 unspecified atom stereocenters. The highest BCUT2D eigenvalue weighted by atomic mass is 32.2. The zero-order valence-electron chi connectivity index (χ0n) is 17.3. The largest absolute Gasteiger partial charge is 0.495 e. The van der Waals surface area contributed by atoms with Gasteiger partial charge in [0, 0.05) is 12.8 Å². The van der Waals surface area contributed by atoms with Gasteiger partial charge in [-0.2, -0.15) is 0 Å². The van der Waals surface area contributed by atoms with Gasteiger partial charge in [-0.25, -0.2) is 8.42 Å². The van der Waals surface area contributed by atoms with Crippen LogP contribution in [0.4, 0.5) is 11.4 Å². The Morgan fingerprint density at radius 3 is 2.35 bits per heavy atom. The highest BCUT2D eigenvalue weighted by Crippen LogP contribution is 2.32. The normalized spacial score (nSPS) is 11.0. The van der Waals surface area contributed by atoms with Crippen LogP contribution in [0.5, 0.6) is 5.75 Å². The van der Waals surface area contributed by atoms with Crippen molar-refractivity contribution in [2.24, 2.45) is 0 Å². The standard InChI is InChI=1S/C23H24N2O5S/c1-29-17-18-9-8-10-19(15-18)24-23(26)16-25(21-13-6-7-14-22(21)30-2)31(27,28)20-11-4-3-5-12-20/h3-15H,16-17H2,1-2H3,(H,24,26). The average Bonchev–Trinajstić information content (AvgIpc) is 2.78. The summed E-state index contributed by atoms with van der Waals surface area (Å²) in [4.78, 5) is 12.9. The molecule has 0 atom stereocenters. The third kappa shape index (κ3) is 5.42. The average molecular weight is 441 g/mol. The van der Waals surface area contributed by atoms with Crippen LogP contribution in [0.3, 0.4) is 0 Å². The molecule has 0 aliphatic rings. The van der Waals surface area contributed by atoms with Crippen LogP contribution < -0.4 is 14.4 Å². The summed E-state index contributed by atoms with van der Waals surface area (Å²) in [6, 6.07) is 21.8. The minimum atomic E-state index is -4.02. The van der Waals surface area contributed by atoms with E-state index in [4.69, 9.17) is 9.47 Å². The molecule has 3 rings (SSSR count). The summed E-state index contributed by atoms with van der Waals surface area (Å²) < 4.78 is 38.3. The van der Waals surface area contributed by atoms with Gasteiger partial charge in [-0.05, 0) is 42.0 Å². The molecule has 1 N–H and O–H groups in total. The molecule has 0 aliphatic carbocycles. The highest BCUT2D eigenvalue weighted by Gasteiger charge is 2.29. The van der Waals surface area contributed by atoms with E-state index in [1.165, 1.54) is 19.2 Å². The van der Waals surface area contributed by atoms with Crippen LogP contribution in [0.1, 0.15) is 5.56 Å². The number of hydrogen-bond donors (Lipinski definition) is 1. The van der Waals surface area contributed by atoms with Crippen molar-refractivity contribution in [3.05, 3.63) is 84.4 Å². The van der Waals surface area contributed by atoms with E-state index in [0.29, 0.717) is 18.0 Å². The van der Waals surface area contributed by atoms with Gasteiger partial charge in [0.15, 0.2) is 0 Å². The molecule has 0 saturated heterocycles. The van der Waals surface area contributed by atoms with Gasteiger partial charge in [-0.1, -0.05) is 42.5 Å². The van der Waals surface area contributed by atoms with Crippen LogP contribution in [-0.2, 0) is 26.2 Å². The lowest BCUT2D eigenvalue weighted by Gasteiger charge is -2.25. The molecule has 7 nitrogen and oxygen atoms in total. The van der Waals surface area contributed by atoms with Crippen molar-refractivity contribution in [2.45, 2.75) is 11.5 Å².